The molecule has 17 heavy (non-hydrogen) atoms. The average Bonchev–Trinajstić information content (AvgIpc) is 2.78. The van der Waals surface area contributed by atoms with Gasteiger partial charge in [0.1, 0.15) is 10.4 Å². The lowest BCUT2D eigenvalue weighted by molar-refractivity contribution is -0.128. The van der Waals surface area contributed by atoms with Gasteiger partial charge in [-0.15, -0.1) is 0 Å². The molecule has 0 aromatic carbocycles. The van der Waals surface area contributed by atoms with Gasteiger partial charge in [-0.25, -0.2) is 4.98 Å². The Morgan fingerprint density at radius 2 is 2.18 bits per heavy atom. The number of anilines is 2. The number of amides is 1. The highest BCUT2D eigenvalue weighted by molar-refractivity contribution is 9.10. The Kier molecular flexibility index (Phi) is 3.78. The number of hydrogen-bond acceptors (Lipinski definition) is 5. The van der Waals surface area contributed by atoms with E-state index in [2.05, 4.69) is 31.2 Å². The Labute approximate surface area is 108 Å². The monoisotopic (exact) mass is 299 g/mol. The molecule has 0 spiro atoms. The van der Waals surface area contributed by atoms with Crippen molar-refractivity contribution in [3.63, 3.8) is 0 Å². The summed E-state index contributed by atoms with van der Waals surface area (Å²) in [5.41, 5.74) is 5.57. The van der Waals surface area contributed by atoms with Crippen molar-refractivity contribution in [1.29, 1.82) is 0 Å². The SMILES string of the molecule is Nc1cc(Br)nc(NCC(=O)N2CCCC2)n1. The van der Waals surface area contributed by atoms with E-state index in [1.54, 1.807) is 6.07 Å². The zero-order valence-corrected chi connectivity index (χ0v) is 10.9. The Bertz CT molecular complexity index is 399. The molecule has 3 N–H and O–H groups in total. The minimum absolute atomic E-state index is 0.0737. The van der Waals surface area contributed by atoms with Gasteiger partial charge in [-0.05, 0) is 28.8 Å². The zero-order chi connectivity index (χ0) is 12.3. The number of rotatable bonds is 3. The summed E-state index contributed by atoms with van der Waals surface area (Å²) in [6.45, 7) is 1.90. The summed E-state index contributed by atoms with van der Waals surface area (Å²) < 4.78 is 0.598. The van der Waals surface area contributed by atoms with E-state index >= 15 is 0 Å². The van der Waals surface area contributed by atoms with Gasteiger partial charge in [0.2, 0.25) is 11.9 Å². The molecule has 6 nitrogen and oxygen atoms in total. The van der Waals surface area contributed by atoms with E-state index in [-0.39, 0.29) is 12.5 Å². The molecule has 1 aliphatic rings. The summed E-state index contributed by atoms with van der Waals surface area (Å²) in [5.74, 6) is 0.803. The molecule has 7 heteroatoms. The number of hydrogen-bond donors (Lipinski definition) is 2. The van der Waals surface area contributed by atoms with Crippen LogP contribution in [0.25, 0.3) is 0 Å². The number of nitrogens with zero attached hydrogens (tertiary/aromatic N) is 3. The molecule has 2 heterocycles. The molecule has 1 aromatic rings. The zero-order valence-electron chi connectivity index (χ0n) is 9.32. The van der Waals surface area contributed by atoms with Crippen LogP contribution in [0.5, 0.6) is 0 Å². The molecule has 0 aliphatic carbocycles. The van der Waals surface area contributed by atoms with Crippen LogP contribution in [0, 0.1) is 0 Å². The fraction of sp³-hybridized carbons (Fsp3) is 0.500. The van der Waals surface area contributed by atoms with E-state index in [0.717, 1.165) is 25.9 Å². The van der Waals surface area contributed by atoms with Gasteiger partial charge in [0.15, 0.2) is 0 Å². The molecular weight excluding hydrogens is 286 g/mol. The minimum atomic E-state index is 0.0737. The van der Waals surface area contributed by atoms with Crippen LogP contribution in [0.4, 0.5) is 11.8 Å². The Morgan fingerprint density at radius 1 is 1.47 bits per heavy atom. The lowest BCUT2D eigenvalue weighted by Crippen LogP contribution is -2.33. The summed E-state index contributed by atoms with van der Waals surface area (Å²) >= 11 is 3.22. The molecule has 0 saturated carbocycles. The number of likely N-dealkylation sites (tertiary alicyclic amines) is 1. The van der Waals surface area contributed by atoms with Crippen molar-refractivity contribution >= 4 is 33.6 Å². The largest absolute Gasteiger partial charge is 0.383 e. The first kappa shape index (κ1) is 12.1. The number of aromatic nitrogens is 2. The van der Waals surface area contributed by atoms with Crippen LogP contribution in [0.2, 0.25) is 0 Å². The third kappa shape index (κ3) is 3.29. The van der Waals surface area contributed by atoms with E-state index < -0.39 is 0 Å². The van der Waals surface area contributed by atoms with Crippen molar-refractivity contribution in [2.24, 2.45) is 0 Å². The van der Waals surface area contributed by atoms with Crippen LogP contribution in [0.3, 0.4) is 0 Å². The second-order valence-electron chi connectivity index (χ2n) is 3.88. The maximum atomic E-state index is 11.8. The molecule has 0 radical (unpaired) electrons. The summed E-state index contributed by atoms with van der Waals surface area (Å²) in [6.07, 6.45) is 2.18. The van der Waals surface area contributed by atoms with Crippen LogP contribution in [-0.2, 0) is 4.79 Å². The molecule has 1 aromatic heterocycles. The van der Waals surface area contributed by atoms with Gasteiger partial charge in [-0.3, -0.25) is 4.79 Å². The van der Waals surface area contributed by atoms with Crippen LogP contribution < -0.4 is 11.1 Å². The summed E-state index contributed by atoms with van der Waals surface area (Å²) in [7, 11) is 0. The van der Waals surface area contributed by atoms with Crippen LogP contribution in [-0.4, -0.2) is 40.4 Å². The van der Waals surface area contributed by atoms with Crippen LogP contribution >= 0.6 is 15.9 Å². The fourth-order valence-corrected chi connectivity index (χ4v) is 2.15. The molecule has 1 fully saturated rings. The quantitative estimate of drug-likeness (QED) is 0.809. The molecule has 0 atom stereocenters. The number of nitrogens with two attached hydrogens (primary N) is 1. The number of carbonyl (C=O) groups excluding carboxylic acids is 1. The van der Waals surface area contributed by atoms with Gasteiger partial charge < -0.3 is 16.0 Å². The molecule has 1 aliphatic heterocycles. The van der Waals surface area contributed by atoms with Crippen molar-refractivity contribution in [2.45, 2.75) is 12.8 Å². The number of halogens is 1. The third-order valence-electron chi connectivity index (χ3n) is 2.57. The van der Waals surface area contributed by atoms with E-state index in [4.69, 9.17) is 5.73 Å². The lowest BCUT2D eigenvalue weighted by Gasteiger charge is -2.15. The standard InChI is InChI=1S/C10H14BrN5O/c11-7-5-8(12)15-10(14-7)13-6-9(17)16-3-1-2-4-16/h5H,1-4,6H2,(H3,12,13,14,15). The van der Waals surface area contributed by atoms with E-state index in [1.807, 2.05) is 4.90 Å². The predicted octanol–water partition coefficient (Wildman–Crippen LogP) is 0.856. The number of nitrogen functional groups attached to an aromatic ring is 1. The highest BCUT2D eigenvalue weighted by Gasteiger charge is 2.17. The molecular formula is C10H14BrN5O. The maximum Gasteiger partial charge on any atom is 0.241 e. The highest BCUT2D eigenvalue weighted by Crippen LogP contribution is 2.12. The van der Waals surface area contributed by atoms with Crippen molar-refractivity contribution in [2.75, 3.05) is 30.7 Å². The summed E-state index contributed by atoms with van der Waals surface area (Å²) in [5, 5.41) is 2.88. The third-order valence-corrected chi connectivity index (χ3v) is 2.98. The molecule has 2 rings (SSSR count). The minimum Gasteiger partial charge on any atom is -0.383 e. The van der Waals surface area contributed by atoms with E-state index in [9.17, 15) is 4.79 Å². The molecule has 1 amide bonds. The first-order chi connectivity index (χ1) is 8.15. The van der Waals surface area contributed by atoms with Crippen molar-refractivity contribution < 1.29 is 4.79 Å². The molecule has 0 bridgehead atoms. The van der Waals surface area contributed by atoms with Gasteiger partial charge >= 0.3 is 0 Å². The lowest BCUT2D eigenvalue weighted by atomic mass is 10.4. The van der Waals surface area contributed by atoms with Crippen LogP contribution in [0.1, 0.15) is 12.8 Å². The van der Waals surface area contributed by atoms with Gasteiger partial charge in [-0.1, -0.05) is 0 Å². The Morgan fingerprint density at radius 3 is 2.82 bits per heavy atom. The highest BCUT2D eigenvalue weighted by atomic mass is 79.9. The molecule has 1 saturated heterocycles. The summed E-state index contributed by atoms with van der Waals surface area (Å²) in [6, 6.07) is 1.60. The summed E-state index contributed by atoms with van der Waals surface area (Å²) in [4.78, 5) is 21.7. The molecule has 0 unspecified atom stereocenters. The first-order valence-corrected chi connectivity index (χ1v) is 6.26. The average molecular weight is 300 g/mol. The van der Waals surface area contributed by atoms with Crippen LogP contribution in [0.15, 0.2) is 10.7 Å². The van der Waals surface area contributed by atoms with Crippen molar-refractivity contribution in [1.82, 2.24) is 14.9 Å². The van der Waals surface area contributed by atoms with E-state index in [0.29, 0.717) is 16.4 Å². The smallest absolute Gasteiger partial charge is 0.241 e. The fourth-order valence-electron chi connectivity index (χ4n) is 1.75. The second-order valence-corrected chi connectivity index (χ2v) is 4.69. The predicted molar refractivity (Wildman–Crippen MR) is 68.4 cm³/mol. The topological polar surface area (TPSA) is 84.1 Å². The maximum absolute atomic E-state index is 11.8. The first-order valence-electron chi connectivity index (χ1n) is 5.47. The van der Waals surface area contributed by atoms with Gasteiger partial charge in [0.05, 0.1) is 6.54 Å². The molecule has 92 valence electrons. The number of carbonyl (C=O) groups is 1. The van der Waals surface area contributed by atoms with Crippen molar-refractivity contribution in [3.05, 3.63) is 10.7 Å². The van der Waals surface area contributed by atoms with Gasteiger partial charge in [-0.2, -0.15) is 4.98 Å². The van der Waals surface area contributed by atoms with E-state index in [1.165, 1.54) is 0 Å². The number of nitrogens with one attached hydrogen (secondary N) is 1. The van der Waals surface area contributed by atoms with Gasteiger partial charge in [0, 0.05) is 19.2 Å². The van der Waals surface area contributed by atoms with Crippen molar-refractivity contribution in [3.8, 4) is 0 Å². The Balaban J connectivity index is 1.90. The van der Waals surface area contributed by atoms with Gasteiger partial charge in [0.25, 0.3) is 0 Å². The normalized spacial score (nSPS) is 15.0. The Hall–Kier alpha value is -1.37. The second kappa shape index (κ2) is 5.31.